The van der Waals surface area contributed by atoms with Gasteiger partial charge in [0, 0.05) is 17.3 Å². The zero-order chi connectivity index (χ0) is 12.3. The maximum absolute atomic E-state index is 11.8. The lowest BCUT2D eigenvalue weighted by atomic mass is 10.2. The summed E-state index contributed by atoms with van der Waals surface area (Å²) in [6.45, 7) is 1.72. The molecular formula is C12H10N3O2. The number of aromatic amines is 1. The number of nitrogens with zero attached hydrogens (tertiary/aromatic N) is 2. The summed E-state index contributed by atoms with van der Waals surface area (Å²) in [5, 5.41) is 3.82. The van der Waals surface area contributed by atoms with Crippen LogP contribution in [0.15, 0.2) is 41.3 Å². The first-order valence-electron chi connectivity index (χ1n) is 5.04. The van der Waals surface area contributed by atoms with Crippen LogP contribution in [0.25, 0.3) is 0 Å². The van der Waals surface area contributed by atoms with E-state index < -0.39 is 11.6 Å². The van der Waals surface area contributed by atoms with Crippen LogP contribution in [0, 0.1) is 6.92 Å². The van der Waals surface area contributed by atoms with Gasteiger partial charge in [-0.05, 0) is 19.1 Å². The van der Waals surface area contributed by atoms with E-state index in [9.17, 15) is 9.59 Å². The van der Waals surface area contributed by atoms with Crippen molar-refractivity contribution in [2.45, 2.75) is 6.92 Å². The summed E-state index contributed by atoms with van der Waals surface area (Å²) >= 11 is 0. The van der Waals surface area contributed by atoms with E-state index in [1.165, 1.54) is 6.20 Å². The van der Waals surface area contributed by atoms with Crippen LogP contribution in [-0.2, 0) is 0 Å². The highest BCUT2D eigenvalue weighted by atomic mass is 16.2. The van der Waals surface area contributed by atoms with Crippen LogP contribution in [0.2, 0.25) is 0 Å². The Morgan fingerprint density at radius 3 is 2.71 bits per heavy atom. The number of aryl methyl sites for hydroxylation is 1. The first-order chi connectivity index (χ1) is 8.16. The van der Waals surface area contributed by atoms with Crippen molar-refractivity contribution in [3.8, 4) is 0 Å². The maximum atomic E-state index is 11.8. The topological polar surface area (TPSA) is 76.9 Å². The Labute approximate surface area is 97.5 Å². The molecule has 2 aromatic rings. The zero-order valence-corrected chi connectivity index (χ0v) is 9.18. The molecule has 17 heavy (non-hydrogen) atoms. The number of aromatic nitrogens is 2. The van der Waals surface area contributed by atoms with Crippen molar-refractivity contribution in [3.05, 3.63) is 58.1 Å². The van der Waals surface area contributed by atoms with Crippen molar-refractivity contribution in [3.63, 3.8) is 0 Å². The molecule has 0 aliphatic heterocycles. The Kier molecular flexibility index (Phi) is 3.00. The largest absolute Gasteiger partial charge is 0.346 e. The summed E-state index contributed by atoms with van der Waals surface area (Å²) in [5.74, 6) is -0.255. The average molecular weight is 228 g/mol. The lowest BCUT2D eigenvalue weighted by Crippen LogP contribution is -2.18. The summed E-state index contributed by atoms with van der Waals surface area (Å²) in [6, 6.07) is 8.64. The monoisotopic (exact) mass is 228 g/mol. The molecule has 1 N–H and O–H groups in total. The van der Waals surface area contributed by atoms with Gasteiger partial charge >= 0.3 is 5.69 Å². The number of amides is 1. The predicted octanol–water partition coefficient (Wildman–Crippen LogP) is 1.15. The molecule has 0 spiro atoms. The highest BCUT2D eigenvalue weighted by Crippen LogP contribution is 2.09. The van der Waals surface area contributed by atoms with Crippen LogP contribution in [0.1, 0.15) is 15.9 Å². The second-order valence-corrected chi connectivity index (χ2v) is 3.50. The normalized spacial score (nSPS) is 9.94. The van der Waals surface area contributed by atoms with Gasteiger partial charge in [0.1, 0.15) is 0 Å². The molecule has 1 amide bonds. The molecule has 0 saturated heterocycles. The van der Waals surface area contributed by atoms with Gasteiger partial charge in [0.2, 0.25) is 0 Å². The number of carbonyl (C=O) groups excluding carboxylic acids is 1. The number of hydrogen-bond acceptors (Lipinski definition) is 3. The SMILES string of the molecule is Cc1c[nH]c(=O)nc1[N]C(=O)c1ccccc1. The summed E-state index contributed by atoms with van der Waals surface area (Å²) in [5.41, 5.74) is 0.595. The van der Waals surface area contributed by atoms with E-state index in [2.05, 4.69) is 15.3 Å². The summed E-state index contributed by atoms with van der Waals surface area (Å²) in [7, 11) is 0. The molecule has 0 atom stereocenters. The smallest absolute Gasteiger partial charge is 0.312 e. The molecule has 1 aromatic carbocycles. The lowest BCUT2D eigenvalue weighted by molar-refractivity contribution is 0.0967. The molecule has 0 saturated carbocycles. The van der Waals surface area contributed by atoms with Gasteiger partial charge in [0.25, 0.3) is 5.91 Å². The van der Waals surface area contributed by atoms with Gasteiger partial charge in [-0.1, -0.05) is 18.2 Å². The van der Waals surface area contributed by atoms with Crippen LogP contribution >= 0.6 is 0 Å². The molecule has 1 heterocycles. The van der Waals surface area contributed by atoms with Gasteiger partial charge in [0.05, 0.1) is 0 Å². The van der Waals surface area contributed by atoms with E-state index in [-0.39, 0.29) is 5.82 Å². The standard InChI is InChI=1S/C12H10N3O2/c1-8-7-13-12(17)15-10(8)14-11(16)9-5-3-2-4-6-9/h2-7H,1H3,(H,13,15,17). The predicted molar refractivity (Wildman–Crippen MR) is 62.2 cm³/mol. The number of carbonyl (C=O) groups is 1. The minimum absolute atomic E-state index is 0.155. The van der Waals surface area contributed by atoms with Crippen LogP contribution in [0.4, 0.5) is 5.82 Å². The molecule has 0 aliphatic rings. The summed E-state index contributed by atoms with van der Waals surface area (Å²) in [4.78, 5) is 28.8. The molecule has 0 bridgehead atoms. The van der Waals surface area contributed by atoms with Crippen LogP contribution in [0.3, 0.4) is 0 Å². The fourth-order valence-corrected chi connectivity index (χ4v) is 1.31. The molecule has 0 unspecified atom stereocenters. The number of benzene rings is 1. The van der Waals surface area contributed by atoms with E-state index in [0.717, 1.165) is 0 Å². The number of rotatable bonds is 2. The molecule has 1 radical (unpaired) electrons. The van der Waals surface area contributed by atoms with Crippen molar-refractivity contribution < 1.29 is 4.79 Å². The maximum Gasteiger partial charge on any atom is 0.346 e. The summed E-state index contributed by atoms with van der Waals surface area (Å²) < 4.78 is 0. The molecule has 2 rings (SSSR count). The molecule has 0 aliphatic carbocycles. The van der Waals surface area contributed by atoms with Gasteiger partial charge in [-0.15, -0.1) is 0 Å². The highest BCUT2D eigenvalue weighted by molar-refractivity contribution is 5.96. The Bertz CT molecular complexity index is 590. The second-order valence-electron chi connectivity index (χ2n) is 3.50. The van der Waals surface area contributed by atoms with E-state index in [1.807, 2.05) is 6.07 Å². The number of H-pyrrole nitrogens is 1. The van der Waals surface area contributed by atoms with E-state index >= 15 is 0 Å². The van der Waals surface area contributed by atoms with Crippen molar-refractivity contribution in [2.24, 2.45) is 0 Å². The van der Waals surface area contributed by atoms with Gasteiger partial charge in [-0.25, -0.2) is 4.79 Å². The third-order valence-electron chi connectivity index (χ3n) is 2.20. The quantitative estimate of drug-likeness (QED) is 0.837. The first kappa shape index (κ1) is 11.1. The average Bonchev–Trinajstić information content (AvgIpc) is 2.35. The molecule has 85 valence electrons. The van der Waals surface area contributed by atoms with E-state index in [1.54, 1.807) is 31.2 Å². The Morgan fingerprint density at radius 1 is 1.29 bits per heavy atom. The van der Waals surface area contributed by atoms with Gasteiger partial charge in [-0.2, -0.15) is 10.3 Å². The zero-order valence-electron chi connectivity index (χ0n) is 9.18. The molecule has 0 fully saturated rings. The molecule has 1 aromatic heterocycles. The van der Waals surface area contributed by atoms with Crippen molar-refractivity contribution in [1.29, 1.82) is 0 Å². The Morgan fingerprint density at radius 2 is 2.00 bits per heavy atom. The van der Waals surface area contributed by atoms with Crippen LogP contribution in [-0.4, -0.2) is 15.9 Å². The van der Waals surface area contributed by atoms with Gasteiger partial charge in [-0.3, -0.25) is 4.79 Å². The van der Waals surface area contributed by atoms with Crippen molar-refractivity contribution >= 4 is 11.7 Å². The fourth-order valence-electron chi connectivity index (χ4n) is 1.31. The molecule has 5 nitrogen and oxygen atoms in total. The molecule has 5 heteroatoms. The van der Waals surface area contributed by atoms with Gasteiger partial charge < -0.3 is 4.98 Å². The van der Waals surface area contributed by atoms with Crippen LogP contribution < -0.4 is 11.0 Å². The Balaban J connectivity index is 2.25. The van der Waals surface area contributed by atoms with E-state index in [0.29, 0.717) is 11.1 Å². The Hall–Kier alpha value is -2.43. The third-order valence-corrected chi connectivity index (χ3v) is 2.20. The second kappa shape index (κ2) is 4.61. The fraction of sp³-hybridized carbons (Fsp3) is 0.0833. The highest BCUT2D eigenvalue weighted by Gasteiger charge is 2.10. The van der Waals surface area contributed by atoms with E-state index in [4.69, 9.17) is 0 Å². The third kappa shape index (κ3) is 2.57. The van der Waals surface area contributed by atoms with Crippen LogP contribution in [0.5, 0.6) is 0 Å². The van der Waals surface area contributed by atoms with Gasteiger partial charge in [0.15, 0.2) is 5.82 Å². The molecular weight excluding hydrogens is 218 g/mol. The van der Waals surface area contributed by atoms with Crippen molar-refractivity contribution in [2.75, 3.05) is 0 Å². The number of hydrogen-bond donors (Lipinski definition) is 1. The first-order valence-corrected chi connectivity index (χ1v) is 5.04. The minimum atomic E-state index is -0.518. The van der Waals surface area contributed by atoms with Crippen molar-refractivity contribution in [1.82, 2.24) is 15.3 Å². The lowest BCUT2D eigenvalue weighted by Gasteiger charge is -2.02. The summed E-state index contributed by atoms with van der Waals surface area (Å²) in [6.07, 6.45) is 1.48. The minimum Gasteiger partial charge on any atom is -0.312 e. The number of nitrogens with one attached hydrogen (secondary N) is 1.